The van der Waals surface area contributed by atoms with Crippen LogP contribution in [-0.2, 0) is 0 Å². The molecule has 14 heavy (non-hydrogen) atoms. The molecule has 1 aliphatic rings. The molecule has 1 atom stereocenters. The maximum absolute atomic E-state index is 9.77. The predicted molar refractivity (Wildman–Crippen MR) is 56.6 cm³/mol. The molecule has 3 nitrogen and oxygen atoms in total. The summed E-state index contributed by atoms with van der Waals surface area (Å²) in [7, 11) is 0. The fraction of sp³-hybridized carbons (Fsp3) is 0.455. The number of nitrogens with one attached hydrogen (secondary N) is 1. The Morgan fingerprint density at radius 2 is 2.14 bits per heavy atom. The van der Waals surface area contributed by atoms with E-state index in [-0.39, 0.29) is 0 Å². The Kier molecular flexibility index (Phi) is 3.01. The lowest BCUT2D eigenvalue weighted by Crippen LogP contribution is -2.35. The van der Waals surface area contributed by atoms with Crippen molar-refractivity contribution in [3.63, 3.8) is 0 Å². The van der Waals surface area contributed by atoms with Crippen LogP contribution in [0.2, 0.25) is 0 Å². The van der Waals surface area contributed by atoms with E-state index in [2.05, 4.69) is 5.32 Å². The maximum atomic E-state index is 9.77. The molecule has 0 spiro atoms. The van der Waals surface area contributed by atoms with E-state index in [1.165, 1.54) is 11.5 Å². The van der Waals surface area contributed by atoms with Gasteiger partial charge in [-0.1, -0.05) is 18.2 Å². The number of nitrogens with zero attached hydrogens (tertiary/aromatic N) is 1. The van der Waals surface area contributed by atoms with Gasteiger partial charge in [0.15, 0.2) is 0 Å². The second-order valence-corrected chi connectivity index (χ2v) is 3.71. The van der Waals surface area contributed by atoms with Crippen LogP contribution in [-0.4, -0.2) is 24.3 Å². The van der Waals surface area contributed by atoms with Crippen molar-refractivity contribution in [2.24, 2.45) is 0 Å². The molecule has 76 valence electrons. The molecule has 0 aromatic heterocycles. The van der Waals surface area contributed by atoms with E-state index in [9.17, 15) is 5.21 Å². The molecule has 1 fully saturated rings. The van der Waals surface area contributed by atoms with E-state index in [1.54, 1.807) is 0 Å². The molecule has 1 heterocycles. The van der Waals surface area contributed by atoms with Crippen LogP contribution in [0.4, 0.5) is 5.69 Å². The normalized spacial score (nSPS) is 21.1. The number of hydrogen-bond acceptors (Lipinski definition) is 3. The van der Waals surface area contributed by atoms with Gasteiger partial charge in [-0.05, 0) is 31.5 Å². The van der Waals surface area contributed by atoms with Crippen LogP contribution in [0.25, 0.3) is 0 Å². The summed E-state index contributed by atoms with van der Waals surface area (Å²) in [5.74, 6) is 0. The zero-order valence-electron chi connectivity index (χ0n) is 8.19. The van der Waals surface area contributed by atoms with Crippen LogP contribution in [0.1, 0.15) is 12.8 Å². The van der Waals surface area contributed by atoms with Gasteiger partial charge < -0.3 is 5.32 Å². The molecule has 0 aliphatic carbocycles. The number of para-hydroxylation sites is 1. The highest BCUT2D eigenvalue weighted by atomic mass is 16.5. The van der Waals surface area contributed by atoms with E-state index in [0.29, 0.717) is 12.6 Å². The SMILES string of the molecule is ON(CC1CCCN1)c1ccccc1. The van der Waals surface area contributed by atoms with E-state index < -0.39 is 0 Å². The molecular formula is C11H16N2O. The predicted octanol–water partition coefficient (Wildman–Crippen LogP) is 1.63. The van der Waals surface area contributed by atoms with Gasteiger partial charge in [-0.25, -0.2) is 0 Å². The van der Waals surface area contributed by atoms with E-state index >= 15 is 0 Å². The summed E-state index contributed by atoms with van der Waals surface area (Å²) in [6.45, 7) is 1.75. The first-order valence-electron chi connectivity index (χ1n) is 5.11. The third-order valence-corrected chi connectivity index (χ3v) is 2.61. The third-order valence-electron chi connectivity index (χ3n) is 2.61. The van der Waals surface area contributed by atoms with Gasteiger partial charge in [0.1, 0.15) is 0 Å². The van der Waals surface area contributed by atoms with Gasteiger partial charge >= 0.3 is 0 Å². The monoisotopic (exact) mass is 192 g/mol. The fourth-order valence-electron chi connectivity index (χ4n) is 1.83. The number of rotatable bonds is 3. The van der Waals surface area contributed by atoms with Gasteiger partial charge in [-0.2, -0.15) is 0 Å². The topological polar surface area (TPSA) is 35.5 Å². The van der Waals surface area contributed by atoms with Crippen molar-refractivity contribution in [1.29, 1.82) is 0 Å². The third kappa shape index (κ3) is 2.25. The summed E-state index contributed by atoms with van der Waals surface area (Å²) in [6, 6.07) is 10.1. The van der Waals surface area contributed by atoms with Crippen molar-refractivity contribution < 1.29 is 5.21 Å². The zero-order valence-corrected chi connectivity index (χ0v) is 8.19. The van der Waals surface area contributed by atoms with Gasteiger partial charge in [-0.15, -0.1) is 0 Å². The lowest BCUT2D eigenvalue weighted by molar-refractivity contribution is 0.242. The Balaban J connectivity index is 1.92. The molecular weight excluding hydrogens is 176 g/mol. The van der Waals surface area contributed by atoms with Gasteiger partial charge in [-0.3, -0.25) is 10.3 Å². The van der Waals surface area contributed by atoms with Crippen molar-refractivity contribution in [3.8, 4) is 0 Å². The van der Waals surface area contributed by atoms with Crippen LogP contribution in [0, 0.1) is 0 Å². The average molecular weight is 192 g/mol. The quantitative estimate of drug-likeness (QED) is 0.714. The van der Waals surface area contributed by atoms with Crippen LogP contribution in [0.5, 0.6) is 0 Å². The molecule has 1 aliphatic heterocycles. The molecule has 0 amide bonds. The van der Waals surface area contributed by atoms with Gasteiger partial charge in [0, 0.05) is 6.04 Å². The van der Waals surface area contributed by atoms with Gasteiger partial charge in [0.25, 0.3) is 0 Å². The molecule has 1 aromatic carbocycles. The molecule has 0 bridgehead atoms. The minimum Gasteiger partial charge on any atom is -0.312 e. The lowest BCUT2D eigenvalue weighted by atomic mass is 10.2. The molecule has 1 aromatic rings. The zero-order chi connectivity index (χ0) is 9.80. The largest absolute Gasteiger partial charge is 0.312 e. The Bertz CT molecular complexity index is 270. The second kappa shape index (κ2) is 4.44. The first-order valence-corrected chi connectivity index (χ1v) is 5.11. The molecule has 3 heteroatoms. The summed E-state index contributed by atoms with van der Waals surface area (Å²) in [6.07, 6.45) is 2.37. The maximum Gasteiger partial charge on any atom is 0.0634 e. The number of benzene rings is 1. The van der Waals surface area contributed by atoms with Crippen LogP contribution >= 0.6 is 0 Å². The minimum absolute atomic E-state index is 0.431. The van der Waals surface area contributed by atoms with Crippen LogP contribution in [0.15, 0.2) is 30.3 Å². The summed E-state index contributed by atoms with van der Waals surface area (Å²) in [5, 5.41) is 14.5. The van der Waals surface area contributed by atoms with Crippen molar-refractivity contribution in [2.75, 3.05) is 18.2 Å². The Morgan fingerprint density at radius 3 is 2.79 bits per heavy atom. The molecule has 0 radical (unpaired) electrons. The summed E-state index contributed by atoms with van der Waals surface area (Å²) in [5.41, 5.74) is 0.862. The highest BCUT2D eigenvalue weighted by Crippen LogP contribution is 2.13. The number of hydrogen-bond donors (Lipinski definition) is 2. The van der Waals surface area contributed by atoms with Crippen molar-refractivity contribution >= 4 is 5.69 Å². The smallest absolute Gasteiger partial charge is 0.0634 e. The first-order chi connectivity index (χ1) is 6.86. The highest BCUT2D eigenvalue weighted by molar-refractivity contribution is 5.43. The van der Waals surface area contributed by atoms with E-state index in [0.717, 1.165) is 18.7 Å². The first kappa shape index (κ1) is 9.49. The fourth-order valence-corrected chi connectivity index (χ4v) is 1.83. The molecule has 2 N–H and O–H groups in total. The van der Waals surface area contributed by atoms with Crippen molar-refractivity contribution in [3.05, 3.63) is 30.3 Å². The van der Waals surface area contributed by atoms with E-state index in [4.69, 9.17) is 0 Å². The summed E-state index contributed by atoms with van der Waals surface area (Å²) < 4.78 is 0. The molecule has 0 saturated carbocycles. The van der Waals surface area contributed by atoms with Crippen molar-refractivity contribution in [1.82, 2.24) is 5.32 Å². The Labute approximate surface area is 84.3 Å². The molecule has 1 saturated heterocycles. The average Bonchev–Trinajstić information content (AvgIpc) is 2.72. The van der Waals surface area contributed by atoms with Crippen molar-refractivity contribution in [2.45, 2.75) is 18.9 Å². The van der Waals surface area contributed by atoms with Gasteiger partial charge in [0.2, 0.25) is 0 Å². The van der Waals surface area contributed by atoms with Crippen LogP contribution in [0.3, 0.4) is 0 Å². The Hall–Kier alpha value is -1.06. The second-order valence-electron chi connectivity index (χ2n) is 3.71. The van der Waals surface area contributed by atoms with Crippen LogP contribution < -0.4 is 10.4 Å². The number of anilines is 1. The van der Waals surface area contributed by atoms with Gasteiger partial charge in [0.05, 0.1) is 12.2 Å². The molecule has 1 unspecified atom stereocenters. The Morgan fingerprint density at radius 1 is 1.36 bits per heavy atom. The highest BCUT2D eigenvalue weighted by Gasteiger charge is 2.16. The summed E-state index contributed by atoms with van der Waals surface area (Å²) >= 11 is 0. The number of hydroxylamine groups is 1. The standard InChI is InChI=1S/C11H16N2O/c14-13(9-10-5-4-8-12-10)11-6-2-1-3-7-11/h1-3,6-7,10,12,14H,4-5,8-9H2. The summed E-state index contributed by atoms with van der Waals surface area (Å²) in [4.78, 5) is 0. The molecule has 2 rings (SSSR count). The van der Waals surface area contributed by atoms with E-state index in [1.807, 2.05) is 30.3 Å². The minimum atomic E-state index is 0.431. The lowest BCUT2D eigenvalue weighted by Gasteiger charge is -2.20.